The predicted molar refractivity (Wildman–Crippen MR) is 111 cm³/mol. The number of rotatable bonds is 6. The Bertz CT molecular complexity index is 736. The van der Waals surface area contributed by atoms with Crippen LogP contribution in [0.2, 0.25) is 0 Å². The van der Waals surface area contributed by atoms with Crippen LogP contribution in [-0.2, 0) is 4.79 Å². The van der Waals surface area contributed by atoms with Crippen molar-refractivity contribution in [3.05, 3.63) is 28.8 Å². The quantitative estimate of drug-likeness (QED) is 0.747. The number of nitrogens with zero attached hydrogens (tertiary/aromatic N) is 2. The first-order valence-corrected chi connectivity index (χ1v) is 10.6. The minimum atomic E-state index is -0.447. The van der Waals surface area contributed by atoms with Gasteiger partial charge in [-0.2, -0.15) is 0 Å². The highest BCUT2D eigenvalue weighted by Crippen LogP contribution is 2.41. The topological polar surface area (TPSA) is 49.9 Å². The first-order chi connectivity index (χ1) is 13.3. The summed E-state index contributed by atoms with van der Waals surface area (Å²) >= 11 is 0. The summed E-state index contributed by atoms with van der Waals surface area (Å²) in [6.45, 7) is 9.44. The van der Waals surface area contributed by atoms with Crippen molar-refractivity contribution in [1.82, 2.24) is 9.80 Å². The van der Waals surface area contributed by atoms with Crippen LogP contribution in [0.15, 0.2) is 12.1 Å². The number of ketones is 1. The summed E-state index contributed by atoms with van der Waals surface area (Å²) in [4.78, 5) is 29.5. The highest BCUT2D eigenvalue weighted by atomic mass is 16.5. The van der Waals surface area contributed by atoms with Gasteiger partial charge in [0.05, 0.1) is 12.0 Å². The van der Waals surface area contributed by atoms with Gasteiger partial charge >= 0.3 is 0 Å². The second-order valence-corrected chi connectivity index (χ2v) is 8.56. The number of aryl methyl sites for hydroxylation is 1. The van der Waals surface area contributed by atoms with Crippen LogP contribution in [0.4, 0.5) is 0 Å². The van der Waals surface area contributed by atoms with Gasteiger partial charge in [0.15, 0.2) is 5.78 Å². The lowest BCUT2D eigenvalue weighted by molar-refractivity contribution is -0.135. The van der Waals surface area contributed by atoms with E-state index in [1.54, 1.807) is 0 Å². The molecule has 0 atom stereocenters. The van der Waals surface area contributed by atoms with Crippen molar-refractivity contribution >= 4 is 11.7 Å². The fourth-order valence-corrected chi connectivity index (χ4v) is 4.21. The molecule has 1 fully saturated rings. The summed E-state index contributed by atoms with van der Waals surface area (Å²) in [7, 11) is 2.08. The van der Waals surface area contributed by atoms with Gasteiger partial charge in [-0.1, -0.05) is 19.4 Å². The fraction of sp³-hybridized carbons (Fsp3) is 0.652. The molecule has 0 unspecified atom stereocenters. The maximum absolute atomic E-state index is 12.7. The Hall–Kier alpha value is -1.88. The number of Topliss-reactive ketones (excluding diaryl/α,β-unsaturated/α-hetero) is 1. The van der Waals surface area contributed by atoms with Gasteiger partial charge in [0.25, 0.3) is 0 Å². The van der Waals surface area contributed by atoms with E-state index in [2.05, 4.69) is 18.9 Å². The first-order valence-electron chi connectivity index (χ1n) is 10.6. The number of benzene rings is 1. The van der Waals surface area contributed by atoms with Crippen LogP contribution in [0.3, 0.4) is 0 Å². The van der Waals surface area contributed by atoms with E-state index in [4.69, 9.17) is 4.74 Å². The van der Waals surface area contributed by atoms with Gasteiger partial charge in [-0.3, -0.25) is 9.59 Å². The molecule has 0 N–H and O–H groups in total. The van der Waals surface area contributed by atoms with Gasteiger partial charge in [-0.15, -0.1) is 0 Å². The van der Waals surface area contributed by atoms with Crippen LogP contribution < -0.4 is 4.74 Å². The van der Waals surface area contributed by atoms with Crippen molar-refractivity contribution < 1.29 is 14.3 Å². The second-order valence-electron chi connectivity index (χ2n) is 8.56. The Morgan fingerprint density at radius 2 is 1.93 bits per heavy atom. The molecule has 154 valence electrons. The van der Waals surface area contributed by atoms with Crippen LogP contribution in [0.1, 0.15) is 66.9 Å². The minimum absolute atomic E-state index is 0.168. The molecule has 2 heterocycles. The average molecular weight is 387 g/mol. The van der Waals surface area contributed by atoms with Crippen LogP contribution >= 0.6 is 0 Å². The van der Waals surface area contributed by atoms with Crippen molar-refractivity contribution in [3.8, 4) is 5.75 Å². The molecule has 1 aromatic carbocycles. The molecular formula is C23H34N2O3. The van der Waals surface area contributed by atoms with Gasteiger partial charge in [-0.05, 0) is 51.1 Å². The normalized spacial score (nSPS) is 18.3. The third-order valence-corrected chi connectivity index (χ3v) is 6.41. The largest absolute Gasteiger partial charge is 0.486 e. The predicted octanol–water partition coefficient (Wildman–Crippen LogP) is 3.75. The Morgan fingerprint density at radius 3 is 2.61 bits per heavy atom. The Labute approximate surface area is 169 Å². The van der Waals surface area contributed by atoms with Crippen molar-refractivity contribution in [2.75, 3.05) is 33.2 Å². The third-order valence-electron chi connectivity index (χ3n) is 6.41. The van der Waals surface area contributed by atoms with E-state index in [0.29, 0.717) is 31.5 Å². The number of hydrogen-bond acceptors (Lipinski definition) is 4. The fourth-order valence-electron chi connectivity index (χ4n) is 4.21. The van der Waals surface area contributed by atoms with Crippen LogP contribution in [0.5, 0.6) is 5.75 Å². The maximum Gasteiger partial charge on any atom is 0.223 e. The molecule has 0 radical (unpaired) electrons. The van der Waals surface area contributed by atoms with E-state index >= 15 is 0 Å². The third kappa shape index (κ3) is 4.40. The van der Waals surface area contributed by atoms with Crippen molar-refractivity contribution in [2.24, 2.45) is 0 Å². The number of carbonyl (C=O) groups is 2. The summed E-state index contributed by atoms with van der Waals surface area (Å²) in [5.74, 6) is 1.14. The van der Waals surface area contributed by atoms with Crippen LogP contribution in [-0.4, -0.2) is 60.3 Å². The van der Waals surface area contributed by atoms with E-state index in [1.165, 1.54) is 12.8 Å². The average Bonchev–Trinajstić information content (AvgIpc) is 2.68. The number of unbranched alkanes of at least 4 members (excludes halogenated alkanes) is 1. The molecule has 3 rings (SSSR count). The van der Waals surface area contributed by atoms with Crippen LogP contribution in [0.25, 0.3) is 0 Å². The highest BCUT2D eigenvalue weighted by Gasteiger charge is 2.44. The Balaban J connectivity index is 1.58. The molecule has 0 bridgehead atoms. The summed E-state index contributed by atoms with van der Waals surface area (Å²) in [6.07, 6.45) is 4.78. The summed E-state index contributed by atoms with van der Waals surface area (Å²) in [6, 6.07) is 3.88. The number of fused-ring (bicyclic) bond motifs is 1. The van der Waals surface area contributed by atoms with Crippen LogP contribution in [0, 0.1) is 13.8 Å². The molecule has 2 aliphatic rings. The first kappa shape index (κ1) is 20.8. The van der Waals surface area contributed by atoms with Gasteiger partial charge in [0, 0.05) is 38.9 Å². The molecule has 5 heteroatoms. The summed E-state index contributed by atoms with van der Waals surface area (Å²) < 4.78 is 6.45. The van der Waals surface area contributed by atoms with E-state index in [0.717, 1.165) is 42.8 Å². The zero-order chi connectivity index (χ0) is 20.3. The van der Waals surface area contributed by atoms with Gasteiger partial charge in [0.2, 0.25) is 5.91 Å². The Morgan fingerprint density at radius 1 is 1.21 bits per heavy atom. The number of amides is 1. The molecule has 2 aliphatic heterocycles. The standard InChI is InChI=1S/C23H34N2O3/c1-5-6-12-24(4)13-9-21(27)25-14-10-23(11-15-25)16-20(26)19-8-7-17(2)18(3)22(19)28-23/h7-8H,5-6,9-16H2,1-4H3. The van der Waals surface area contributed by atoms with E-state index in [-0.39, 0.29) is 11.7 Å². The number of hydrogen-bond donors (Lipinski definition) is 0. The molecule has 0 aliphatic carbocycles. The molecule has 28 heavy (non-hydrogen) atoms. The van der Waals surface area contributed by atoms with Crippen molar-refractivity contribution in [3.63, 3.8) is 0 Å². The lowest BCUT2D eigenvalue weighted by Crippen LogP contribution is -2.52. The van der Waals surface area contributed by atoms with E-state index in [1.807, 2.05) is 30.9 Å². The van der Waals surface area contributed by atoms with Gasteiger partial charge < -0.3 is 14.5 Å². The lowest BCUT2D eigenvalue weighted by atomic mass is 9.81. The molecule has 1 aromatic rings. The monoisotopic (exact) mass is 386 g/mol. The summed E-state index contributed by atoms with van der Waals surface area (Å²) in [5.41, 5.74) is 2.46. The molecular weight excluding hydrogens is 352 g/mol. The summed E-state index contributed by atoms with van der Waals surface area (Å²) in [5, 5.41) is 0. The second kappa shape index (κ2) is 8.64. The Kier molecular flexibility index (Phi) is 6.43. The molecule has 1 saturated heterocycles. The highest BCUT2D eigenvalue weighted by molar-refractivity contribution is 6.01. The number of carbonyl (C=O) groups excluding carboxylic acids is 2. The zero-order valence-corrected chi connectivity index (χ0v) is 17.8. The molecule has 1 amide bonds. The molecule has 1 spiro atoms. The smallest absolute Gasteiger partial charge is 0.223 e. The SMILES string of the molecule is CCCCN(C)CCC(=O)N1CCC2(CC1)CC(=O)c1ccc(C)c(C)c1O2. The van der Waals surface area contributed by atoms with E-state index < -0.39 is 5.60 Å². The van der Waals surface area contributed by atoms with Crippen molar-refractivity contribution in [2.45, 2.75) is 64.9 Å². The van der Waals surface area contributed by atoms with E-state index in [9.17, 15) is 9.59 Å². The lowest BCUT2D eigenvalue weighted by Gasteiger charge is -2.44. The number of likely N-dealkylation sites (tertiary alicyclic amines) is 1. The zero-order valence-electron chi connectivity index (χ0n) is 17.8. The van der Waals surface area contributed by atoms with Crippen molar-refractivity contribution in [1.29, 1.82) is 0 Å². The number of ether oxygens (including phenoxy) is 1. The molecule has 0 aromatic heterocycles. The number of piperidine rings is 1. The van der Waals surface area contributed by atoms with Gasteiger partial charge in [-0.25, -0.2) is 0 Å². The molecule has 5 nitrogen and oxygen atoms in total. The maximum atomic E-state index is 12.7. The van der Waals surface area contributed by atoms with Gasteiger partial charge in [0.1, 0.15) is 11.4 Å². The minimum Gasteiger partial charge on any atom is -0.486 e. The molecule has 0 saturated carbocycles.